The van der Waals surface area contributed by atoms with Crippen molar-refractivity contribution in [3.05, 3.63) is 90.5 Å². The van der Waals surface area contributed by atoms with Crippen LogP contribution in [0.4, 0.5) is 0 Å². The lowest BCUT2D eigenvalue weighted by Gasteiger charge is -2.10. The fourth-order valence-electron chi connectivity index (χ4n) is 3.53. The average Bonchev–Trinajstić information content (AvgIpc) is 2.95. The van der Waals surface area contributed by atoms with Crippen LogP contribution in [0.15, 0.2) is 73.9 Å². The fourth-order valence-corrected chi connectivity index (χ4v) is 3.53. The minimum absolute atomic E-state index is 0.0321. The first kappa shape index (κ1) is 30.1. The smallest absolute Gasteiger partial charge is 0.331 e. The monoisotopic (exact) mass is 520 g/mol. The number of hydrogen-bond donors (Lipinski definition) is 0. The van der Waals surface area contributed by atoms with Gasteiger partial charge < -0.3 is 18.9 Å². The minimum atomic E-state index is -0.448. The normalized spacial score (nSPS) is 10.6. The van der Waals surface area contributed by atoms with Gasteiger partial charge in [0, 0.05) is 24.1 Å². The van der Waals surface area contributed by atoms with Gasteiger partial charge in [0.2, 0.25) is 0 Å². The molecule has 0 bridgehead atoms. The van der Waals surface area contributed by atoms with Crippen molar-refractivity contribution in [2.75, 3.05) is 26.9 Å². The Kier molecular flexibility index (Phi) is 13.7. The van der Waals surface area contributed by atoms with Crippen LogP contribution in [0.1, 0.15) is 53.6 Å². The van der Waals surface area contributed by atoms with Gasteiger partial charge in [-0.3, -0.25) is 4.79 Å². The van der Waals surface area contributed by atoms with Crippen LogP contribution < -0.4 is 9.47 Å². The number of benzene rings is 2. The van der Waals surface area contributed by atoms with Crippen molar-refractivity contribution >= 4 is 23.8 Å². The van der Waals surface area contributed by atoms with Crippen molar-refractivity contribution < 1.29 is 33.3 Å². The van der Waals surface area contributed by atoms with E-state index in [1.165, 1.54) is 12.2 Å². The van der Waals surface area contributed by atoms with Gasteiger partial charge in [0.1, 0.15) is 18.1 Å². The number of unbranched alkanes of at least 4 members (excludes halogenated alkanes) is 3. The summed E-state index contributed by atoms with van der Waals surface area (Å²) < 4.78 is 21.1. The zero-order valence-electron chi connectivity index (χ0n) is 22.0. The maximum atomic E-state index is 12.7. The highest BCUT2D eigenvalue weighted by Crippen LogP contribution is 2.23. The number of methoxy groups -OCH3 is 1. The molecule has 0 spiro atoms. The molecule has 0 N–H and O–H groups in total. The first-order chi connectivity index (χ1) is 18.5. The Balaban J connectivity index is 1.76. The van der Waals surface area contributed by atoms with E-state index >= 15 is 0 Å². The largest absolute Gasteiger partial charge is 0.496 e. The Bertz CT molecular complexity index is 1100. The van der Waals surface area contributed by atoms with Crippen molar-refractivity contribution in [2.45, 2.75) is 38.5 Å². The Morgan fingerprint density at radius 2 is 1.61 bits per heavy atom. The molecule has 0 atom stereocenters. The van der Waals surface area contributed by atoms with E-state index in [1.54, 1.807) is 25.3 Å². The minimum Gasteiger partial charge on any atom is -0.496 e. The second-order valence-corrected chi connectivity index (χ2v) is 8.41. The van der Waals surface area contributed by atoms with E-state index < -0.39 is 11.9 Å². The number of carbonyl (C=O) groups is 3. The molecule has 0 fully saturated rings. The Morgan fingerprint density at radius 3 is 2.29 bits per heavy atom. The molecule has 0 aromatic heterocycles. The SMILES string of the molecule is C=CCOC(=O)/C=C/c1ccc(CCC(=O)c2ccc(OCCCCCCOC(=O)C=C)cc2)c(OC)c1. The number of esters is 2. The van der Waals surface area contributed by atoms with Gasteiger partial charge in [-0.25, -0.2) is 9.59 Å². The van der Waals surface area contributed by atoms with Crippen LogP contribution in [-0.4, -0.2) is 44.7 Å². The molecule has 38 heavy (non-hydrogen) atoms. The van der Waals surface area contributed by atoms with E-state index in [2.05, 4.69) is 13.2 Å². The quantitative estimate of drug-likeness (QED) is 0.0792. The third-order valence-electron chi connectivity index (χ3n) is 5.58. The van der Waals surface area contributed by atoms with Gasteiger partial charge in [-0.05, 0) is 79.6 Å². The van der Waals surface area contributed by atoms with Crippen LogP contribution in [0.5, 0.6) is 11.5 Å². The second-order valence-electron chi connectivity index (χ2n) is 8.41. The first-order valence-electron chi connectivity index (χ1n) is 12.6. The summed E-state index contributed by atoms with van der Waals surface area (Å²) in [7, 11) is 1.58. The summed E-state index contributed by atoms with van der Waals surface area (Å²) in [4.78, 5) is 35.3. The highest BCUT2D eigenvalue weighted by atomic mass is 16.5. The van der Waals surface area contributed by atoms with Crippen molar-refractivity contribution in [1.82, 2.24) is 0 Å². The number of aryl methyl sites for hydroxylation is 1. The third-order valence-corrected chi connectivity index (χ3v) is 5.58. The Morgan fingerprint density at radius 1 is 0.868 bits per heavy atom. The molecule has 7 nitrogen and oxygen atoms in total. The number of hydrogen-bond acceptors (Lipinski definition) is 7. The topological polar surface area (TPSA) is 88.1 Å². The zero-order chi connectivity index (χ0) is 27.6. The summed E-state index contributed by atoms with van der Waals surface area (Å²) in [6, 6.07) is 12.8. The van der Waals surface area contributed by atoms with Crippen molar-refractivity contribution in [3.8, 4) is 11.5 Å². The van der Waals surface area contributed by atoms with Crippen LogP contribution in [0, 0.1) is 0 Å². The van der Waals surface area contributed by atoms with Crippen LogP contribution in [0.25, 0.3) is 6.08 Å². The average molecular weight is 521 g/mol. The van der Waals surface area contributed by atoms with E-state index in [1.807, 2.05) is 30.3 Å². The van der Waals surface area contributed by atoms with Crippen LogP contribution >= 0.6 is 0 Å². The number of ether oxygens (including phenoxy) is 4. The number of carbonyl (C=O) groups excluding carboxylic acids is 3. The predicted molar refractivity (Wildman–Crippen MR) is 147 cm³/mol. The Hall–Kier alpha value is -4.13. The lowest BCUT2D eigenvalue weighted by Crippen LogP contribution is -2.03. The fraction of sp³-hybridized carbons (Fsp3) is 0.323. The molecule has 0 amide bonds. The first-order valence-corrected chi connectivity index (χ1v) is 12.6. The lowest BCUT2D eigenvalue weighted by atomic mass is 10.0. The lowest BCUT2D eigenvalue weighted by molar-refractivity contribution is -0.138. The summed E-state index contributed by atoms with van der Waals surface area (Å²) in [6.07, 6.45) is 10.2. The molecule has 0 heterocycles. The second kappa shape index (κ2) is 17.3. The molecule has 2 aromatic rings. The van der Waals surface area contributed by atoms with Gasteiger partial charge in [-0.1, -0.05) is 31.4 Å². The number of rotatable bonds is 18. The van der Waals surface area contributed by atoms with Crippen LogP contribution in [-0.2, 0) is 25.5 Å². The molecule has 0 radical (unpaired) electrons. The number of Topliss-reactive ketones (excluding diaryl/α,β-unsaturated/α-hetero) is 1. The van der Waals surface area contributed by atoms with E-state index in [-0.39, 0.29) is 12.4 Å². The van der Waals surface area contributed by atoms with E-state index in [9.17, 15) is 14.4 Å². The maximum Gasteiger partial charge on any atom is 0.331 e. The predicted octanol–water partition coefficient (Wildman–Crippen LogP) is 5.92. The maximum absolute atomic E-state index is 12.7. The molecule has 0 unspecified atom stereocenters. The van der Waals surface area contributed by atoms with Gasteiger partial charge >= 0.3 is 11.9 Å². The highest BCUT2D eigenvalue weighted by molar-refractivity contribution is 5.96. The molecule has 0 aliphatic carbocycles. The molecule has 0 saturated heterocycles. The summed E-state index contributed by atoms with van der Waals surface area (Å²) >= 11 is 0. The van der Waals surface area contributed by atoms with Gasteiger partial charge in [0.05, 0.1) is 20.3 Å². The number of ketones is 1. The molecular formula is C31H36O7. The van der Waals surface area contributed by atoms with Gasteiger partial charge in [-0.15, -0.1) is 0 Å². The molecule has 202 valence electrons. The van der Waals surface area contributed by atoms with Crippen LogP contribution in [0.3, 0.4) is 0 Å². The molecule has 0 aliphatic heterocycles. The molecule has 0 saturated carbocycles. The zero-order valence-corrected chi connectivity index (χ0v) is 22.0. The van der Waals surface area contributed by atoms with Gasteiger partial charge in [0.15, 0.2) is 5.78 Å². The summed E-state index contributed by atoms with van der Waals surface area (Å²) in [6.45, 7) is 8.02. The highest BCUT2D eigenvalue weighted by Gasteiger charge is 2.10. The molecular weight excluding hydrogens is 484 g/mol. The van der Waals surface area contributed by atoms with Crippen molar-refractivity contribution in [3.63, 3.8) is 0 Å². The molecule has 7 heteroatoms. The van der Waals surface area contributed by atoms with Crippen molar-refractivity contribution in [1.29, 1.82) is 0 Å². The van der Waals surface area contributed by atoms with E-state index in [0.717, 1.165) is 48.6 Å². The third kappa shape index (κ3) is 11.3. The van der Waals surface area contributed by atoms with Crippen molar-refractivity contribution in [2.24, 2.45) is 0 Å². The summed E-state index contributed by atoms with van der Waals surface area (Å²) in [5, 5.41) is 0. The van der Waals surface area contributed by atoms with E-state index in [0.29, 0.717) is 37.4 Å². The summed E-state index contributed by atoms with van der Waals surface area (Å²) in [5.74, 6) is 0.570. The van der Waals surface area contributed by atoms with Crippen LogP contribution in [0.2, 0.25) is 0 Å². The van der Waals surface area contributed by atoms with E-state index in [4.69, 9.17) is 18.9 Å². The van der Waals surface area contributed by atoms with Gasteiger partial charge in [0.25, 0.3) is 0 Å². The standard InChI is InChI=1S/C31H36O7/c1-4-20-37-31(34)19-11-24-10-12-26(29(23-24)35-3)15-18-28(32)25-13-16-27(17-14-25)36-21-8-6-7-9-22-38-30(33)5-2/h4-5,10-14,16-17,19,23H,1-2,6-9,15,18,20-22H2,3H3/b19-11+. The Labute approximate surface area is 224 Å². The molecule has 2 rings (SSSR count). The van der Waals surface area contributed by atoms with Gasteiger partial charge in [-0.2, -0.15) is 0 Å². The molecule has 2 aromatic carbocycles. The summed E-state index contributed by atoms with van der Waals surface area (Å²) in [5.41, 5.74) is 2.33. The molecule has 0 aliphatic rings.